The van der Waals surface area contributed by atoms with Crippen molar-refractivity contribution in [1.29, 1.82) is 0 Å². The zero-order valence-electron chi connectivity index (χ0n) is 19.9. The molecule has 0 aliphatic rings. The van der Waals surface area contributed by atoms with Gasteiger partial charge >= 0.3 is 12.8 Å². The lowest BCUT2D eigenvalue weighted by Gasteiger charge is -2.28. The fraction of sp³-hybridized carbons (Fsp3) is 0.160. The zero-order chi connectivity index (χ0) is 27.4. The van der Waals surface area contributed by atoms with Crippen molar-refractivity contribution in [2.75, 3.05) is 23.4 Å². The van der Waals surface area contributed by atoms with E-state index in [0.717, 1.165) is 18.0 Å². The van der Waals surface area contributed by atoms with E-state index in [1.807, 2.05) is 0 Å². The minimum Gasteiger partial charge on any atom is -0.456 e. The first-order chi connectivity index (χ1) is 18.0. The van der Waals surface area contributed by atoms with Gasteiger partial charge in [0.05, 0.1) is 35.6 Å². The number of hydrogen-bond acceptors (Lipinski definition) is 7. The van der Waals surface area contributed by atoms with Crippen molar-refractivity contribution in [3.05, 3.63) is 85.6 Å². The molecule has 0 aliphatic carbocycles. The summed E-state index contributed by atoms with van der Waals surface area (Å²) in [4.78, 5) is 11.0. The molecule has 0 fully saturated rings. The van der Waals surface area contributed by atoms with Crippen molar-refractivity contribution in [1.82, 2.24) is 20.2 Å². The largest absolute Gasteiger partial charge is 0.456 e. The van der Waals surface area contributed by atoms with Crippen molar-refractivity contribution in [3.8, 4) is 17.4 Å². The third kappa shape index (κ3) is 5.99. The number of nitrogens with one attached hydrogen (secondary N) is 1. The van der Waals surface area contributed by atoms with Crippen LogP contribution in [0.5, 0.6) is 17.4 Å². The number of ether oxygens (including phenoxy) is 2. The third-order valence-corrected chi connectivity index (χ3v) is 5.45. The molecule has 3 aromatic heterocycles. The van der Waals surface area contributed by atoms with Crippen LogP contribution in [0.25, 0.3) is 11.0 Å². The van der Waals surface area contributed by atoms with E-state index < -0.39 is 18.4 Å². The number of hydrogen-bond donors (Lipinski definition) is 1. The molecule has 0 spiro atoms. The summed E-state index contributed by atoms with van der Waals surface area (Å²) in [7, 11) is 1.76. The Labute approximate surface area is 213 Å². The van der Waals surface area contributed by atoms with Crippen LogP contribution in [0.1, 0.15) is 5.56 Å². The molecule has 198 valence electrons. The Hall–Kier alpha value is -4.68. The molecule has 4 rings (SSSR count). The Balaban J connectivity index is 1.43. The summed E-state index contributed by atoms with van der Waals surface area (Å²) in [5.74, 6) is 0.425. The quantitative estimate of drug-likeness (QED) is 0.238. The van der Waals surface area contributed by atoms with Crippen LogP contribution in [-0.2, 0) is 6.18 Å². The van der Waals surface area contributed by atoms with Gasteiger partial charge in [0.25, 0.3) is 0 Å². The number of likely N-dealkylation sites (N-methyl/N-ethyl adjacent to an activating group) is 1. The molecule has 13 heteroatoms. The summed E-state index contributed by atoms with van der Waals surface area (Å²) < 4.78 is 74.5. The number of aromatic nitrogens is 4. The van der Waals surface area contributed by atoms with Gasteiger partial charge in [0.2, 0.25) is 5.88 Å². The van der Waals surface area contributed by atoms with Gasteiger partial charge in [-0.15, -0.1) is 5.10 Å². The molecule has 0 saturated heterocycles. The van der Waals surface area contributed by atoms with E-state index in [4.69, 9.17) is 4.74 Å². The lowest BCUT2D eigenvalue weighted by molar-refractivity contribution is -0.137. The van der Waals surface area contributed by atoms with E-state index in [0.29, 0.717) is 11.4 Å². The average Bonchev–Trinajstić information content (AvgIpc) is 3.28. The predicted molar refractivity (Wildman–Crippen MR) is 131 cm³/mol. The highest BCUT2D eigenvalue weighted by molar-refractivity contribution is 5.81. The van der Waals surface area contributed by atoms with Crippen molar-refractivity contribution < 1.29 is 31.4 Å². The normalized spacial score (nSPS) is 11.4. The average molecular weight is 532 g/mol. The molecular formula is C25H21F5N6O2. The molecule has 0 unspecified atom stereocenters. The van der Waals surface area contributed by atoms with Gasteiger partial charge in [-0.05, 0) is 42.6 Å². The molecule has 0 aliphatic heterocycles. The molecule has 38 heavy (non-hydrogen) atoms. The molecule has 0 bridgehead atoms. The number of halogens is 5. The number of pyridine rings is 2. The molecule has 0 atom stereocenters. The number of benzene rings is 1. The first-order valence-electron chi connectivity index (χ1n) is 10.9. The zero-order valence-corrected chi connectivity index (χ0v) is 19.9. The van der Waals surface area contributed by atoms with E-state index in [-0.39, 0.29) is 34.9 Å². The van der Waals surface area contributed by atoms with E-state index in [1.165, 1.54) is 29.6 Å². The van der Waals surface area contributed by atoms with Crippen molar-refractivity contribution in [2.45, 2.75) is 12.8 Å². The summed E-state index contributed by atoms with van der Waals surface area (Å²) >= 11 is 0. The minimum absolute atomic E-state index is 0.153. The SMILES string of the molecule is C=CN(CC(=C)N(C)c1ccc(Oc2cnc3[nH]nc(OC(F)F)c3c2)cc1)c1cncc(C(F)(F)F)c1. The maximum atomic E-state index is 13.1. The highest BCUT2D eigenvalue weighted by Crippen LogP contribution is 2.32. The topological polar surface area (TPSA) is 79.4 Å². The lowest BCUT2D eigenvalue weighted by Crippen LogP contribution is -2.27. The summed E-state index contributed by atoms with van der Waals surface area (Å²) in [6, 6.07) is 9.32. The Morgan fingerprint density at radius 2 is 1.82 bits per heavy atom. The van der Waals surface area contributed by atoms with Crippen LogP contribution in [0.15, 0.2) is 80.0 Å². The number of nitrogens with zero attached hydrogens (tertiary/aromatic N) is 5. The summed E-state index contributed by atoms with van der Waals surface area (Å²) in [6.45, 7) is 4.84. The Kier molecular flexibility index (Phi) is 7.46. The Morgan fingerprint density at radius 1 is 1.08 bits per heavy atom. The molecule has 4 aromatic rings. The van der Waals surface area contributed by atoms with Gasteiger partial charge in [0, 0.05) is 24.6 Å². The maximum Gasteiger partial charge on any atom is 0.417 e. The van der Waals surface area contributed by atoms with E-state index in [2.05, 4.69) is 38.1 Å². The monoisotopic (exact) mass is 532 g/mol. The number of anilines is 2. The van der Waals surface area contributed by atoms with Crippen LogP contribution in [0.3, 0.4) is 0 Å². The van der Waals surface area contributed by atoms with Crippen LogP contribution < -0.4 is 19.3 Å². The number of fused-ring (bicyclic) bond motifs is 1. The highest BCUT2D eigenvalue weighted by atomic mass is 19.4. The molecular weight excluding hydrogens is 511 g/mol. The van der Waals surface area contributed by atoms with Crippen LogP contribution in [0.2, 0.25) is 0 Å². The number of H-pyrrole nitrogens is 1. The van der Waals surface area contributed by atoms with Crippen molar-refractivity contribution in [3.63, 3.8) is 0 Å². The fourth-order valence-corrected chi connectivity index (χ4v) is 3.45. The predicted octanol–water partition coefficient (Wildman–Crippen LogP) is 6.37. The van der Waals surface area contributed by atoms with E-state index in [9.17, 15) is 22.0 Å². The smallest absolute Gasteiger partial charge is 0.417 e. The Bertz CT molecular complexity index is 1440. The molecule has 8 nitrogen and oxygen atoms in total. The molecule has 1 N–H and O–H groups in total. The van der Waals surface area contributed by atoms with Crippen molar-refractivity contribution in [2.24, 2.45) is 0 Å². The maximum absolute atomic E-state index is 13.1. The molecule has 1 aromatic carbocycles. The fourth-order valence-electron chi connectivity index (χ4n) is 3.45. The van der Waals surface area contributed by atoms with Crippen LogP contribution in [0.4, 0.5) is 33.3 Å². The van der Waals surface area contributed by atoms with Gasteiger partial charge in [-0.3, -0.25) is 10.1 Å². The summed E-state index contributed by atoms with van der Waals surface area (Å²) in [6.07, 6.45) is 0.357. The second kappa shape index (κ2) is 10.7. The standard InChI is InChI=1S/C25H21F5N6O2/c1-4-36(18-9-16(11-31-12-18)25(28,29)30)14-15(2)35(3)17-5-7-19(8-6-17)37-20-10-21-22(32-13-20)33-34-23(21)38-24(26)27/h4-13,24H,1-2,14H2,3H3,(H,32,33,34). The van der Waals surface area contributed by atoms with Gasteiger partial charge in [0.15, 0.2) is 5.65 Å². The first kappa shape index (κ1) is 26.4. The highest BCUT2D eigenvalue weighted by Gasteiger charge is 2.31. The second-order valence-corrected chi connectivity index (χ2v) is 7.94. The summed E-state index contributed by atoms with van der Waals surface area (Å²) in [5, 5.41) is 6.40. The molecule has 0 amide bonds. The molecule has 0 saturated carbocycles. The third-order valence-electron chi connectivity index (χ3n) is 5.45. The Morgan fingerprint density at radius 3 is 2.47 bits per heavy atom. The number of alkyl halides is 5. The first-order valence-corrected chi connectivity index (χ1v) is 10.9. The molecule has 0 radical (unpaired) electrons. The van der Waals surface area contributed by atoms with Gasteiger partial charge in [-0.25, -0.2) is 4.98 Å². The van der Waals surface area contributed by atoms with Gasteiger partial charge in [0.1, 0.15) is 11.5 Å². The van der Waals surface area contributed by atoms with Gasteiger partial charge < -0.3 is 19.3 Å². The van der Waals surface area contributed by atoms with E-state index in [1.54, 1.807) is 36.2 Å². The molecule has 3 heterocycles. The van der Waals surface area contributed by atoms with Crippen LogP contribution >= 0.6 is 0 Å². The second-order valence-electron chi connectivity index (χ2n) is 7.94. The van der Waals surface area contributed by atoms with Gasteiger partial charge in [-0.2, -0.15) is 22.0 Å². The van der Waals surface area contributed by atoms with Crippen molar-refractivity contribution >= 4 is 22.4 Å². The number of rotatable bonds is 10. The lowest BCUT2D eigenvalue weighted by atomic mass is 10.2. The number of aromatic amines is 1. The van der Waals surface area contributed by atoms with E-state index >= 15 is 0 Å². The van der Waals surface area contributed by atoms with Crippen LogP contribution in [-0.4, -0.2) is 40.4 Å². The summed E-state index contributed by atoms with van der Waals surface area (Å²) in [5.41, 5.74) is 0.911. The van der Waals surface area contributed by atoms with Gasteiger partial charge in [-0.1, -0.05) is 13.2 Å². The van der Waals surface area contributed by atoms with Crippen LogP contribution in [0, 0.1) is 0 Å². The minimum atomic E-state index is -4.52.